The summed E-state index contributed by atoms with van der Waals surface area (Å²) in [5, 5.41) is 13.1. The molecule has 0 amide bonds. The van der Waals surface area contributed by atoms with E-state index in [1.165, 1.54) is 20.0 Å². The van der Waals surface area contributed by atoms with E-state index >= 15 is 0 Å². The van der Waals surface area contributed by atoms with E-state index in [-0.39, 0.29) is 12.1 Å². The average Bonchev–Trinajstić information content (AvgIpc) is 3.09. The molecule has 0 aromatic carbocycles. The molecule has 2 heterocycles. The van der Waals surface area contributed by atoms with E-state index in [1.54, 1.807) is 12.3 Å². The third kappa shape index (κ3) is 4.33. The molecule has 1 saturated heterocycles. The van der Waals surface area contributed by atoms with Gasteiger partial charge in [0.1, 0.15) is 5.69 Å². The predicted molar refractivity (Wildman–Crippen MR) is 75.5 cm³/mol. The number of aromatic nitrogens is 1. The highest BCUT2D eigenvalue weighted by atomic mass is 16.5. The van der Waals surface area contributed by atoms with Gasteiger partial charge in [0.25, 0.3) is 0 Å². The number of ether oxygens (including phenoxy) is 1. The zero-order chi connectivity index (χ0) is 14.4. The molecule has 1 atom stereocenters. The number of nitrogens with zero attached hydrogens (tertiary/aromatic N) is 1. The Labute approximate surface area is 119 Å². The molecule has 1 unspecified atom stereocenters. The van der Waals surface area contributed by atoms with E-state index in [4.69, 9.17) is 0 Å². The Bertz CT molecular complexity index is 427. The SMILES string of the molecule is COC(=O)c1cc(CNCC(O)CN2CCCC2)c[nH]1. The Balaban J connectivity index is 1.67. The molecule has 2 rings (SSSR count). The van der Waals surface area contributed by atoms with Gasteiger partial charge in [0, 0.05) is 25.8 Å². The first kappa shape index (κ1) is 15.0. The zero-order valence-corrected chi connectivity index (χ0v) is 11.9. The topological polar surface area (TPSA) is 77.6 Å². The number of hydrogen-bond donors (Lipinski definition) is 3. The van der Waals surface area contributed by atoms with Crippen LogP contribution in [0.15, 0.2) is 12.3 Å². The Kier molecular flexibility index (Phi) is 5.58. The molecule has 3 N–H and O–H groups in total. The van der Waals surface area contributed by atoms with Crippen LogP contribution in [0, 0.1) is 0 Å². The maximum atomic E-state index is 11.3. The number of rotatable bonds is 7. The van der Waals surface area contributed by atoms with Crippen LogP contribution in [0.3, 0.4) is 0 Å². The molecule has 1 aromatic heterocycles. The van der Waals surface area contributed by atoms with E-state index in [1.807, 2.05) is 0 Å². The smallest absolute Gasteiger partial charge is 0.354 e. The van der Waals surface area contributed by atoms with Crippen LogP contribution in [0.25, 0.3) is 0 Å². The van der Waals surface area contributed by atoms with Crippen LogP contribution in [0.1, 0.15) is 28.9 Å². The number of carbonyl (C=O) groups is 1. The van der Waals surface area contributed by atoms with E-state index in [0.29, 0.717) is 18.8 Å². The summed E-state index contributed by atoms with van der Waals surface area (Å²) in [6.45, 7) is 4.09. The summed E-state index contributed by atoms with van der Waals surface area (Å²) in [4.78, 5) is 16.4. The van der Waals surface area contributed by atoms with Crippen molar-refractivity contribution < 1.29 is 14.6 Å². The first-order chi connectivity index (χ1) is 9.69. The van der Waals surface area contributed by atoms with Crippen molar-refractivity contribution in [2.24, 2.45) is 0 Å². The van der Waals surface area contributed by atoms with Gasteiger partial charge in [0.15, 0.2) is 0 Å². The van der Waals surface area contributed by atoms with Gasteiger partial charge >= 0.3 is 5.97 Å². The summed E-state index contributed by atoms with van der Waals surface area (Å²) in [5.41, 5.74) is 1.42. The minimum atomic E-state index is -0.370. The first-order valence-corrected chi connectivity index (χ1v) is 7.06. The number of esters is 1. The number of likely N-dealkylation sites (tertiary alicyclic amines) is 1. The third-order valence-corrected chi connectivity index (χ3v) is 3.52. The highest BCUT2D eigenvalue weighted by Gasteiger charge is 2.15. The molecule has 6 nitrogen and oxygen atoms in total. The molecule has 1 aromatic rings. The van der Waals surface area contributed by atoms with Crippen LogP contribution in [0.5, 0.6) is 0 Å². The molecule has 0 spiro atoms. The van der Waals surface area contributed by atoms with Gasteiger partial charge in [-0.05, 0) is 37.6 Å². The minimum absolute atomic E-state index is 0.355. The zero-order valence-electron chi connectivity index (χ0n) is 11.9. The van der Waals surface area contributed by atoms with Crippen LogP contribution in [-0.2, 0) is 11.3 Å². The van der Waals surface area contributed by atoms with Crippen molar-refractivity contribution in [3.05, 3.63) is 23.5 Å². The standard InChI is InChI=1S/C14H23N3O3/c1-20-14(19)13-6-11(8-16-13)7-15-9-12(18)10-17-4-2-3-5-17/h6,8,12,15-16,18H,2-5,7,9-10H2,1H3. The lowest BCUT2D eigenvalue weighted by molar-refractivity contribution is 0.0594. The van der Waals surface area contributed by atoms with E-state index < -0.39 is 0 Å². The van der Waals surface area contributed by atoms with Crippen molar-refractivity contribution in [2.75, 3.05) is 33.3 Å². The van der Waals surface area contributed by atoms with Crippen molar-refractivity contribution in [3.8, 4) is 0 Å². The van der Waals surface area contributed by atoms with Gasteiger partial charge in [0.2, 0.25) is 0 Å². The summed E-state index contributed by atoms with van der Waals surface area (Å²) >= 11 is 0. The van der Waals surface area contributed by atoms with Crippen molar-refractivity contribution >= 4 is 5.97 Å². The maximum absolute atomic E-state index is 11.3. The minimum Gasteiger partial charge on any atom is -0.464 e. The number of aliphatic hydroxyl groups is 1. The van der Waals surface area contributed by atoms with Gasteiger partial charge in [0.05, 0.1) is 13.2 Å². The largest absolute Gasteiger partial charge is 0.464 e. The number of aromatic amines is 1. The van der Waals surface area contributed by atoms with Crippen molar-refractivity contribution in [1.29, 1.82) is 0 Å². The van der Waals surface area contributed by atoms with Crippen molar-refractivity contribution in [2.45, 2.75) is 25.5 Å². The van der Waals surface area contributed by atoms with Gasteiger partial charge in [-0.25, -0.2) is 4.79 Å². The van der Waals surface area contributed by atoms with Gasteiger partial charge in [-0.15, -0.1) is 0 Å². The quantitative estimate of drug-likeness (QED) is 0.629. The second-order valence-corrected chi connectivity index (χ2v) is 5.21. The van der Waals surface area contributed by atoms with Crippen LogP contribution in [0.2, 0.25) is 0 Å². The molecule has 20 heavy (non-hydrogen) atoms. The molecule has 6 heteroatoms. The molecule has 112 valence electrons. The molecule has 0 radical (unpaired) electrons. The fourth-order valence-electron chi connectivity index (χ4n) is 2.48. The van der Waals surface area contributed by atoms with Crippen LogP contribution >= 0.6 is 0 Å². The summed E-state index contributed by atoms with van der Waals surface area (Å²) in [7, 11) is 1.36. The van der Waals surface area contributed by atoms with Crippen LogP contribution < -0.4 is 5.32 Å². The molecular formula is C14H23N3O3. The molecule has 0 aliphatic carbocycles. The summed E-state index contributed by atoms with van der Waals surface area (Å²) in [6.07, 6.45) is 3.89. The van der Waals surface area contributed by atoms with Gasteiger partial charge in [-0.3, -0.25) is 0 Å². The number of aliphatic hydroxyl groups excluding tert-OH is 1. The number of β-amino-alcohol motifs (C(OH)–C–C–N with tert-alkyl or cyclic N) is 1. The normalized spacial score (nSPS) is 17.3. The fraction of sp³-hybridized carbons (Fsp3) is 0.643. The molecule has 1 aliphatic heterocycles. The lowest BCUT2D eigenvalue weighted by Crippen LogP contribution is -2.36. The highest BCUT2D eigenvalue weighted by molar-refractivity contribution is 5.87. The number of nitrogens with one attached hydrogen (secondary N) is 2. The lowest BCUT2D eigenvalue weighted by atomic mass is 10.3. The van der Waals surface area contributed by atoms with Gasteiger partial charge < -0.3 is 25.0 Å². The van der Waals surface area contributed by atoms with Gasteiger partial charge in [-0.2, -0.15) is 0 Å². The summed E-state index contributed by atoms with van der Waals surface area (Å²) in [5.74, 6) is -0.370. The number of methoxy groups -OCH3 is 1. The van der Waals surface area contributed by atoms with Crippen molar-refractivity contribution in [1.82, 2.24) is 15.2 Å². The highest BCUT2D eigenvalue weighted by Crippen LogP contribution is 2.08. The number of H-pyrrole nitrogens is 1. The Morgan fingerprint density at radius 2 is 2.30 bits per heavy atom. The molecular weight excluding hydrogens is 258 g/mol. The number of hydrogen-bond acceptors (Lipinski definition) is 5. The average molecular weight is 281 g/mol. The summed E-state index contributed by atoms with van der Waals surface area (Å²) in [6, 6.07) is 1.76. The Morgan fingerprint density at radius 3 is 3.00 bits per heavy atom. The Morgan fingerprint density at radius 1 is 1.55 bits per heavy atom. The number of carbonyl (C=O) groups excluding carboxylic acids is 1. The van der Waals surface area contributed by atoms with Crippen molar-refractivity contribution in [3.63, 3.8) is 0 Å². The molecule has 0 saturated carbocycles. The Hall–Kier alpha value is -1.37. The lowest BCUT2D eigenvalue weighted by Gasteiger charge is -2.19. The summed E-state index contributed by atoms with van der Waals surface area (Å²) < 4.78 is 4.63. The van der Waals surface area contributed by atoms with Crippen LogP contribution in [-0.4, -0.2) is 60.4 Å². The van der Waals surface area contributed by atoms with E-state index in [2.05, 4.69) is 19.9 Å². The second-order valence-electron chi connectivity index (χ2n) is 5.21. The van der Waals surface area contributed by atoms with Crippen LogP contribution in [0.4, 0.5) is 0 Å². The van der Waals surface area contributed by atoms with Gasteiger partial charge in [-0.1, -0.05) is 0 Å². The second kappa shape index (κ2) is 7.42. The molecule has 1 aliphatic rings. The molecule has 1 fully saturated rings. The van der Waals surface area contributed by atoms with E-state index in [9.17, 15) is 9.90 Å². The molecule has 0 bridgehead atoms. The fourth-order valence-corrected chi connectivity index (χ4v) is 2.48. The monoisotopic (exact) mass is 281 g/mol. The van der Waals surface area contributed by atoms with E-state index in [0.717, 1.165) is 25.2 Å². The maximum Gasteiger partial charge on any atom is 0.354 e. The first-order valence-electron chi connectivity index (χ1n) is 7.06. The third-order valence-electron chi connectivity index (χ3n) is 3.52. The predicted octanol–water partition coefficient (Wildman–Crippen LogP) is 0.348.